The summed E-state index contributed by atoms with van der Waals surface area (Å²) < 4.78 is 15.5. The van der Waals surface area contributed by atoms with Gasteiger partial charge in [-0.25, -0.2) is 4.39 Å². The molecule has 0 aliphatic carbocycles. The minimum Gasteiger partial charge on any atom is -0.354 e. The fourth-order valence-electron chi connectivity index (χ4n) is 2.29. The zero-order valence-electron chi connectivity index (χ0n) is 10.0. The van der Waals surface area contributed by atoms with E-state index in [2.05, 4.69) is 20.8 Å². The summed E-state index contributed by atoms with van der Waals surface area (Å²) in [5.74, 6) is 0.721. The summed E-state index contributed by atoms with van der Waals surface area (Å²) in [5, 5.41) is 14.4. The molecular weight excluding hydrogens is 233 g/mol. The van der Waals surface area contributed by atoms with E-state index in [9.17, 15) is 4.39 Å². The molecular formula is C12H16FN5. The lowest BCUT2D eigenvalue weighted by atomic mass is 9.96. The highest BCUT2D eigenvalue weighted by atomic mass is 19.1. The van der Waals surface area contributed by atoms with Crippen molar-refractivity contribution in [2.75, 3.05) is 25.0 Å². The average Bonchev–Trinajstić information content (AvgIpc) is 2.81. The molecule has 96 valence electrons. The van der Waals surface area contributed by atoms with Gasteiger partial charge >= 0.3 is 0 Å². The molecule has 5 nitrogen and oxygen atoms in total. The fraction of sp³-hybridized carbons (Fsp3) is 0.500. The maximum atomic E-state index is 13.6. The Kier molecular flexibility index (Phi) is 3.10. The summed E-state index contributed by atoms with van der Waals surface area (Å²) in [6.07, 6.45) is 1.96. The van der Waals surface area contributed by atoms with E-state index in [4.69, 9.17) is 0 Å². The van der Waals surface area contributed by atoms with Crippen LogP contribution in [0.25, 0.3) is 5.65 Å². The van der Waals surface area contributed by atoms with Crippen LogP contribution in [0.4, 0.5) is 10.3 Å². The first-order valence-electron chi connectivity index (χ1n) is 6.23. The van der Waals surface area contributed by atoms with E-state index in [1.807, 2.05) is 28.8 Å². The molecule has 3 heterocycles. The van der Waals surface area contributed by atoms with E-state index in [1.54, 1.807) is 0 Å². The molecule has 0 amide bonds. The van der Waals surface area contributed by atoms with Crippen molar-refractivity contribution in [3.05, 3.63) is 24.4 Å². The van der Waals surface area contributed by atoms with Crippen LogP contribution in [0.2, 0.25) is 0 Å². The highest BCUT2D eigenvalue weighted by molar-refractivity contribution is 5.44. The SMILES string of the molecule is F[C@@H]1CNCC[C@@H]1CNc1nnc2ccccn12. The molecule has 3 rings (SSSR count). The molecule has 2 aromatic heterocycles. The predicted molar refractivity (Wildman–Crippen MR) is 67.3 cm³/mol. The van der Waals surface area contributed by atoms with Gasteiger partial charge in [-0.2, -0.15) is 0 Å². The first kappa shape index (κ1) is 11.4. The fourth-order valence-corrected chi connectivity index (χ4v) is 2.29. The van der Waals surface area contributed by atoms with Gasteiger partial charge in [-0.05, 0) is 25.1 Å². The molecule has 0 spiro atoms. The first-order chi connectivity index (χ1) is 8.84. The molecule has 0 aromatic carbocycles. The molecule has 18 heavy (non-hydrogen) atoms. The minimum atomic E-state index is -0.787. The molecule has 2 N–H and O–H groups in total. The number of hydrogen-bond acceptors (Lipinski definition) is 4. The summed E-state index contributed by atoms with van der Waals surface area (Å²) >= 11 is 0. The number of halogens is 1. The molecule has 1 saturated heterocycles. The number of aromatic nitrogens is 3. The van der Waals surface area contributed by atoms with Crippen LogP contribution in [0.3, 0.4) is 0 Å². The third-order valence-electron chi connectivity index (χ3n) is 3.38. The van der Waals surface area contributed by atoms with Crippen molar-refractivity contribution in [3.8, 4) is 0 Å². The van der Waals surface area contributed by atoms with E-state index in [0.29, 0.717) is 19.0 Å². The van der Waals surface area contributed by atoms with Crippen molar-refractivity contribution >= 4 is 11.6 Å². The smallest absolute Gasteiger partial charge is 0.229 e. The second-order valence-electron chi connectivity index (χ2n) is 4.60. The normalized spacial score (nSPS) is 24.3. The van der Waals surface area contributed by atoms with Crippen LogP contribution >= 0.6 is 0 Å². The molecule has 0 radical (unpaired) electrons. The number of fused-ring (bicyclic) bond motifs is 1. The van der Waals surface area contributed by atoms with Crippen LogP contribution in [-0.4, -0.2) is 40.4 Å². The Morgan fingerprint density at radius 1 is 1.44 bits per heavy atom. The van der Waals surface area contributed by atoms with E-state index >= 15 is 0 Å². The van der Waals surface area contributed by atoms with Gasteiger partial charge in [-0.3, -0.25) is 4.40 Å². The van der Waals surface area contributed by atoms with Crippen LogP contribution < -0.4 is 10.6 Å². The van der Waals surface area contributed by atoms with Crippen molar-refractivity contribution in [3.63, 3.8) is 0 Å². The Hall–Kier alpha value is -1.69. The lowest BCUT2D eigenvalue weighted by molar-refractivity contribution is 0.189. The number of nitrogens with zero attached hydrogens (tertiary/aromatic N) is 3. The minimum absolute atomic E-state index is 0.0438. The van der Waals surface area contributed by atoms with Gasteiger partial charge in [0, 0.05) is 25.2 Å². The second-order valence-corrected chi connectivity index (χ2v) is 4.60. The van der Waals surface area contributed by atoms with Gasteiger partial charge in [-0.15, -0.1) is 10.2 Å². The Balaban J connectivity index is 1.69. The van der Waals surface area contributed by atoms with Crippen molar-refractivity contribution in [2.24, 2.45) is 5.92 Å². The van der Waals surface area contributed by atoms with Crippen molar-refractivity contribution in [1.29, 1.82) is 0 Å². The number of anilines is 1. The van der Waals surface area contributed by atoms with Gasteiger partial charge in [0.2, 0.25) is 5.95 Å². The van der Waals surface area contributed by atoms with Crippen molar-refractivity contribution < 1.29 is 4.39 Å². The highest BCUT2D eigenvalue weighted by Crippen LogP contribution is 2.17. The van der Waals surface area contributed by atoms with E-state index in [0.717, 1.165) is 18.6 Å². The molecule has 1 aliphatic rings. The van der Waals surface area contributed by atoms with Crippen LogP contribution in [0.15, 0.2) is 24.4 Å². The van der Waals surface area contributed by atoms with E-state index in [1.165, 1.54) is 0 Å². The summed E-state index contributed by atoms with van der Waals surface area (Å²) in [4.78, 5) is 0. The molecule has 1 fully saturated rings. The second kappa shape index (κ2) is 4.89. The number of rotatable bonds is 3. The van der Waals surface area contributed by atoms with Crippen LogP contribution in [-0.2, 0) is 0 Å². The summed E-state index contributed by atoms with van der Waals surface area (Å²) in [6, 6.07) is 5.73. The number of pyridine rings is 1. The Bertz CT molecular complexity index is 526. The molecule has 0 bridgehead atoms. The molecule has 6 heteroatoms. The average molecular weight is 249 g/mol. The standard InChI is InChI=1S/C12H16FN5/c13-10-8-14-5-4-9(10)7-15-12-17-16-11-3-1-2-6-18(11)12/h1-3,6,9-10,14H,4-5,7-8H2,(H,15,17)/t9-,10-/m1/s1. The van der Waals surface area contributed by atoms with Crippen molar-refractivity contribution in [2.45, 2.75) is 12.6 Å². The molecule has 2 aromatic rings. The van der Waals surface area contributed by atoms with Crippen LogP contribution in [0.5, 0.6) is 0 Å². The number of alkyl halides is 1. The maximum Gasteiger partial charge on any atom is 0.229 e. The Morgan fingerprint density at radius 3 is 3.28 bits per heavy atom. The largest absolute Gasteiger partial charge is 0.354 e. The number of hydrogen-bond donors (Lipinski definition) is 2. The van der Waals surface area contributed by atoms with E-state index < -0.39 is 6.17 Å². The zero-order chi connectivity index (χ0) is 12.4. The van der Waals surface area contributed by atoms with E-state index in [-0.39, 0.29) is 5.92 Å². The number of piperidine rings is 1. The third kappa shape index (κ3) is 2.15. The van der Waals surface area contributed by atoms with Gasteiger partial charge in [0.25, 0.3) is 0 Å². The Labute approximate surface area is 104 Å². The molecule has 2 atom stereocenters. The molecule has 0 unspecified atom stereocenters. The summed E-state index contributed by atoms with van der Waals surface area (Å²) in [6.45, 7) is 1.93. The van der Waals surface area contributed by atoms with Gasteiger partial charge in [0.1, 0.15) is 6.17 Å². The summed E-state index contributed by atoms with van der Waals surface area (Å²) in [7, 11) is 0. The quantitative estimate of drug-likeness (QED) is 0.855. The van der Waals surface area contributed by atoms with Crippen LogP contribution in [0, 0.1) is 5.92 Å². The lowest BCUT2D eigenvalue weighted by Gasteiger charge is -2.26. The van der Waals surface area contributed by atoms with Gasteiger partial charge < -0.3 is 10.6 Å². The molecule has 0 saturated carbocycles. The van der Waals surface area contributed by atoms with Crippen LogP contribution in [0.1, 0.15) is 6.42 Å². The van der Waals surface area contributed by atoms with Gasteiger partial charge in [0.15, 0.2) is 5.65 Å². The monoisotopic (exact) mass is 249 g/mol. The predicted octanol–water partition coefficient (Wildman–Crippen LogP) is 1.09. The zero-order valence-corrected chi connectivity index (χ0v) is 10.0. The summed E-state index contributed by atoms with van der Waals surface area (Å²) in [5.41, 5.74) is 0.794. The maximum absolute atomic E-state index is 13.6. The first-order valence-corrected chi connectivity index (χ1v) is 6.23. The third-order valence-corrected chi connectivity index (χ3v) is 3.38. The van der Waals surface area contributed by atoms with Crippen molar-refractivity contribution in [1.82, 2.24) is 19.9 Å². The Morgan fingerprint density at radius 2 is 2.39 bits per heavy atom. The van der Waals surface area contributed by atoms with Gasteiger partial charge in [-0.1, -0.05) is 6.07 Å². The number of nitrogens with one attached hydrogen (secondary N) is 2. The van der Waals surface area contributed by atoms with Gasteiger partial charge in [0.05, 0.1) is 0 Å². The lowest BCUT2D eigenvalue weighted by Crippen LogP contribution is -2.41. The topological polar surface area (TPSA) is 54.2 Å². The highest BCUT2D eigenvalue weighted by Gasteiger charge is 2.24. The molecule has 1 aliphatic heterocycles.